The first kappa shape index (κ1) is 16.5. The van der Waals surface area contributed by atoms with Crippen LogP contribution in [0.15, 0.2) is 53.3 Å². The number of nitriles is 1. The Morgan fingerprint density at radius 2 is 2.09 bits per heavy atom. The molecule has 0 saturated carbocycles. The number of ether oxygens (including phenoxy) is 1. The van der Waals surface area contributed by atoms with Gasteiger partial charge in [-0.1, -0.05) is 32.0 Å². The van der Waals surface area contributed by atoms with E-state index in [1.54, 1.807) is 12.1 Å². The van der Waals surface area contributed by atoms with Crippen molar-refractivity contribution < 1.29 is 9.53 Å². The van der Waals surface area contributed by atoms with E-state index in [1.165, 1.54) is 24.6 Å². The largest absolute Gasteiger partial charge is 0.464 e. The van der Waals surface area contributed by atoms with Gasteiger partial charge in [0.15, 0.2) is 0 Å². The maximum atomic E-state index is 11.3. The Hall–Kier alpha value is -2.87. The Morgan fingerprint density at radius 3 is 2.70 bits per heavy atom. The molecule has 0 saturated heterocycles. The molecule has 5 nitrogen and oxygen atoms in total. The molecule has 1 aromatic carbocycles. The molecule has 0 aromatic heterocycles. The Kier molecular flexibility index (Phi) is 4.65. The van der Waals surface area contributed by atoms with Crippen molar-refractivity contribution in [3.8, 4) is 6.07 Å². The van der Waals surface area contributed by atoms with Crippen molar-refractivity contribution in [2.45, 2.75) is 19.3 Å². The lowest BCUT2D eigenvalue weighted by atomic mass is 9.84. The summed E-state index contributed by atoms with van der Waals surface area (Å²) >= 11 is 0. The molecule has 0 atom stereocenters. The van der Waals surface area contributed by atoms with Crippen LogP contribution in [0, 0.1) is 11.3 Å². The van der Waals surface area contributed by atoms with Crippen LogP contribution < -0.4 is 4.90 Å². The van der Waals surface area contributed by atoms with Crippen molar-refractivity contribution >= 4 is 17.4 Å². The number of nitrogens with zero attached hydrogens (tertiary/aromatic N) is 3. The van der Waals surface area contributed by atoms with Crippen molar-refractivity contribution in [3.05, 3.63) is 53.9 Å². The second kappa shape index (κ2) is 6.49. The highest BCUT2D eigenvalue weighted by Crippen LogP contribution is 2.46. The summed E-state index contributed by atoms with van der Waals surface area (Å²) in [6.45, 7) is 4.32. The zero-order valence-corrected chi connectivity index (χ0v) is 13.7. The number of rotatable bonds is 3. The predicted octanol–water partition coefficient (Wildman–Crippen LogP) is 2.95. The molecule has 5 heteroatoms. The average Bonchev–Trinajstić information content (AvgIpc) is 2.75. The molecule has 2 rings (SSSR count). The summed E-state index contributed by atoms with van der Waals surface area (Å²) in [5.41, 5.74) is 3.15. The molecule has 0 radical (unpaired) electrons. The molecule has 0 aliphatic carbocycles. The van der Waals surface area contributed by atoms with Gasteiger partial charge in [-0.25, -0.2) is 9.79 Å². The fourth-order valence-corrected chi connectivity index (χ4v) is 2.78. The fourth-order valence-electron chi connectivity index (χ4n) is 2.78. The Bertz CT molecular complexity index is 752. The third kappa shape index (κ3) is 3.02. The van der Waals surface area contributed by atoms with Crippen molar-refractivity contribution in [1.29, 1.82) is 5.26 Å². The highest BCUT2D eigenvalue weighted by atomic mass is 16.5. The molecule has 1 heterocycles. The molecule has 23 heavy (non-hydrogen) atoms. The van der Waals surface area contributed by atoms with Crippen molar-refractivity contribution in [1.82, 2.24) is 0 Å². The molecule has 118 valence electrons. The van der Waals surface area contributed by atoms with Gasteiger partial charge in [0, 0.05) is 30.0 Å². The SMILES string of the molecule is COC(=O)C(C#N)=N/C=C\C=C1/N(C)c2ccccc2C1(C)C. The van der Waals surface area contributed by atoms with Gasteiger partial charge in [-0.2, -0.15) is 5.26 Å². The third-order valence-electron chi connectivity index (χ3n) is 3.97. The van der Waals surface area contributed by atoms with E-state index in [9.17, 15) is 4.79 Å². The second-order valence-corrected chi connectivity index (χ2v) is 5.68. The molecule has 0 unspecified atom stereocenters. The molecular formula is C18H19N3O2. The first-order valence-electron chi connectivity index (χ1n) is 7.20. The van der Waals surface area contributed by atoms with E-state index in [-0.39, 0.29) is 11.1 Å². The number of carbonyl (C=O) groups excluding carboxylic acids is 1. The van der Waals surface area contributed by atoms with Crippen LogP contribution in [0.1, 0.15) is 19.4 Å². The minimum atomic E-state index is -0.740. The molecule has 0 bridgehead atoms. The highest BCUT2D eigenvalue weighted by Gasteiger charge is 2.37. The Morgan fingerprint density at radius 1 is 1.39 bits per heavy atom. The zero-order valence-electron chi connectivity index (χ0n) is 13.7. The molecule has 1 aromatic rings. The fraction of sp³-hybridized carbons (Fsp3) is 0.278. The van der Waals surface area contributed by atoms with E-state index in [1.807, 2.05) is 25.3 Å². The van der Waals surface area contributed by atoms with Gasteiger partial charge in [0.05, 0.1) is 7.11 Å². The van der Waals surface area contributed by atoms with Gasteiger partial charge >= 0.3 is 5.97 Å². The smallest absolute Gasteiger partial charge is 0.367 e. The number of para-hydroxylation sites is 1. The van der Waals surface area contributed by atoms with E-state index < -0.39 is 5.97 Å². The van der Waals surface area contributed by atoms with Crippen LogP contribution in [0.25, 0.3) is 0 Å². The molecule has 0 spiro atoms. The summed E-state index contributed by atoms with van der Waals surface area (Å²) in [4.78, 5) is 17.2. The monoisotopic (exact) mass is 309 g/mol. The zero-order chi connectivity index (χ0) is 17.0. The summed E-state index contributed by atoms with van der Waals surface area (Å²) < 4.78 is 4.48. The van der Waals surface area contributed by atoms with E-state index in [4.69, 9.17) is 5.26 Å². The molecule has 0 fully saturated rings. The second-order valence-electron chi connectivity index (χ2n) is 5.68. The molecule has 0 N–H and O–H groups in total. The normalized spacial score (nSPS) is 18.1. The maximum Gasteiger partial charge on any atom is 0.367 e. The Labute approximate surface area is 136 Å². The van der Waals surface area contributed by atoms with Crippen molar-refractivity contribution in [2.24, 2.45) is 4.99 Å². The van der Waals surface area contributed by atoms with Gasteiger partial charge in [-0.05, 0) is 23.8 Å². The van der Waals surface area contributed by atoms with Gasteiger partial charge < -0.3 is 9.64 Å². The van der Waals surface area contributed by atoms with Crippen molar-refractivity contribution in [3.63, 3.8) is 0 Å². The van der Waals surface area contributed by atoms with Gasteiger partial charge in [0.2, 0.25) is 5.71 Å². The Balaban J connectivity index is 2.28. The van der Waals surface area contributed by atoms with Gasteiger partial charge in [0.25, 0.3) is 0 Å². The molecule has 1 aliphatic heterocycles. The number of hydrogen-bond acceptors (Lipinski definition) is 5. The number of carbonyl (C=O) groups is 1. The quantitative estimate of drug-likeness (QED) is 0.636. The van der Waals surface area contributed by atoms with Crippen molar-refractivity contribution in [2.75, 3.05) is 19.1 Å². The standard InChI is InChI=1S/C18H19N3O2/c1-18(2)13-8-5-6-9-15(13)21(3)16(18)10-7-11-20-14(12-19)17(22)23-4/h5-11H,1-4H3/b11-7-,16-10-,20-14?. The lowest BCUT2D eigenvalue weighted by Gasteiger charge is -2.23. The first-order chi connectivity index (χ1) is 10.9. The van der Waals surface area contributed by atoms with E-state index in [2.05, 4.69) is 40.6 Å². The summed E-state index contributed by atoms with van der Waals surface area (Å²) in [5, 5.41) is 8.84. The van der Waals surface area contributed by atoms with Gasteiger partial charge in [-0.3, -0.25) is 0 Å². The number of fused-ring (bicyclic) bond motifs is 1. The van der Waals surface area contributed by atoms with E-state index in [0.29, 0.717) is 0 Å². The molecule has 1 aliphatic rings. The number of allylic oxidation sites excluding steroid dienone is 3. The minimum absolute atomic E-state index is 0.125. The lowest BCUT2D eigenvalue weighted by Crippen LogP contribution is -2.22. The van der Waals surface area contributed by atoms with Gasteiger partial charge in [-0.15, -0.1) is 0 Å². The summed E-state index contributed by atoms with van der Waals surface area (Å²) in [6, 6.07) is 9.98. The van der Waals surface area contributed by atoms with Crippen LogP contribution in [-0.4, -0.2) is 25.8 Å². The molecule has 0 amide bonds. The number of aliphatic imine (C=N–C) groups is 1. The first-order valence-corrected chi connectivity index (χ1v) is 7.20. The topological polar surface area (TPSA) is 65.7 Å². The van der Waals surface area contributed by atoms with E-state index in [0.717, 1.165) is 5.70 Å². The summed E-state index contributed by atoms with van der Waals surface area (Å²) in [6.07, 6.45) is 5.09. The van der Waals surface area contributed by atoms with E-state index >= 15 is 0 Å². The highest BCUT2D eigenvalue weighted by molar-refractivity contribution is 6.43. The maximum absolute atomic E-state index is 11.3. The molecular weight excluding hydrogens is 290 g/mol. The van der Waals surface area contributed by atoms with Crippen LogP contribution >= 0.6 is 0 Å². The number of anilines is 1. The number of hydrogen-bond donors (Lipinski definition) is 0. The summed E-state index contributed by atoms with van der Waals surface area (Å²) in [7, 11) is 3.24. The van der Waals surface area contributed by atoms with Crippen LogP contribution in [0.3, 0.4) is 0 Å². The van der Waals surface area contributed by atoms with Crippen LogP contribution in [0.4, 0.5) is 5.69 Å². The number of methoxy groups -OCH3 is 1. The van der Waals surface area contributed by atoms with Gasteiger partial charge in [0.1, 0.15) is 6.07 Å². The number of likely N-dealkylation sites (N-methyl/N-ethyl adjacent to an activating group) is 1. The van der Waals surface area contributed by atoms with Crippen LogP contribution in [0.5, 0.6) is 0 Å². The number of esters is 1. The minimum Gasteiger partial charge on any atom is -0.464 e. The lowest BCUT2D eigenvalue weighted by molar-refractivity contribution is -0.132. The summed E-state index contributed by atoms with van der Waals surface area (Å²) in [5.74, 6) is -0.740. The third-order valence-corrected chi connectivity index (χ3v) is 3.97. The van der Waals surface area contributed by atoms with Crippen LogP contribution in [0.2, 0.25) is 0 Å². The average molecular weight is 309 g/mol. The predicted molar refractivity (Wildman–Crippen MR) is 90.2 cm³/mol. The van der Waals surface area contributed by atoms with Crippen LogP contribution in [-0.2, 0) is 14.9 Å². The number of benzene rings is 1.